The minimum Gasteiger partial charge on any atom is -0.312 e. The van der Waals surface area contributed by atoms with E-state index in [9.17, 15) is 13.2 Å². The second-order valence-corrected chi connectivity index (χ2v) is 5.81. The third-order valence-electron chi connectivity index (χ3n) is 2.95. The van der Waals surface area contributed by atoms with Crippen molar-refractivity contribution in [2.45, 2.75) is 32.5 Å². The molecule has 0 spiro atoms. The minimum absolute atomic E-state index is 0.0554. The van der Waals surface area contributed by atoms with Gasteiger partial charge in [0.2, 0.25) is 0 Å². The molecule has 0 saturated carbocycles. The molecule has 0 amide bonds. The number of alkyl halides is 3. The van der Waals surface area contributed by atoms with Gasteiger partial charge in [-0.25, -0.2) is 4.98 Å². The normalized spacial score (nSPS) is 11.8. The summed E-state index contributed by atoms with van der Waals surface area (Å²) >= 11 is 1.36. The highest BCUT2D eigenvalue weighted by Crippen LogP contribution is 2.30. The van der Waals surface area contributed by atoms with Crippen molar-refractivity contribution in [3.63, 3.8) is 0 Å². The topological polar surface area (TPSA) is 24.9 Å². The molecule has 2 aromatic rings. The number of halogens is 3. The van der Waals surface area contributed by atoms with Gasteiger partial charge in [0.15, 0.2) is 0 Å². The Labute approximate surface area is 126 Å². The van der Waals surface area contributed by atoms with Gasteiger partial charge in [0.1, 0.15) is 0 Å². The van der Waals surface area contributed by atoms with Crippen molar-refractivity contribution in [3.8, 4) is 11.3 Å². The minimum atomic E-state index is -4.14. The van der Waals surface area contributed by atoms with Crippen molar-refractivity contribution in [2.75, 3.05) is 6.54 Å². The number of hydrogen-bond donors (Lipinski definition) is 1. The van der Waals surface area contributed by atoms with E-state index >= 15 is 0 Å². The largest absolute Gasteiger partial charge is 0.389 e. The first-order valence-electron chi connectivity index (χ1n) is 6.81. The Morgan fingerprint density at radius 1 is 1.19 bits per heavy atom. The van der Waals surface area contributed by atoms with E-state index in [1.54, 1.807) is 0 Å². The number of nitrogens with zero attached hydrogens (tertiary/aromatic N) is 1. The zero-order valence-electron chi connectivity index (χ0n) is 11.7. The van der Waals surface area contributed by atoms with Crippen molar-refractivity contribution in [2.24, 2.45) is 0 Å². The average Bonchev–Trinajstić information content (AvgIpc) is 2.86. The SMILES string of the molecule is CCNCc1sc(CCC(F)(F)F)nc1-c1ccccc1. The zero-order chi connectivity index (χ0) is 15.3. The molecule has 0 atom stereocenters. The lowest BCUT2D eigenvalue weighted by molar-refractivity contribution is -0.133. The summed E-state index contributed by atoms with van der Waals surface area (Å²) in [4.78, 5) is 5.40. The smallest absolute Gasteiger partial charge is 0.312 e. The first kappa shape index (κ1) is 16.0. The molecule has 0 bridgehead atoms. The summed E-state index contributed by atoms with van der Waals surface area (Å²) in [6.45, 7) is 3.43. The molecule has 2 nitrogen and oxygen atoms in total. The van der Waals surface area contributed by atoms with Gasteiger partial charge < -0.3 is 5.32 Å². The van der Waals surface area contributed by atoms with Gasteiger partial charge in [-0.15, -0.1) is 11.3 Å². The summed E-state index contributed by atoms with van der Waals surface area (Å²) in [5.74, 6) is 0. The van der Waals surface area contributed by atoms with Gasteiger partial charge in [0.05, 0.1) is 10.7 Å². The van der Waals surface area contributed by atoms with Crippen molar-refractivity contribution >= 4 is 11.3 Å². The van der Waals surface area contributed by atoms with E-state index in [4.69, 9.17) is 0 Å². The summed E-state index contributed by atoms with van der Waals surface area (Å²) in [6.07, 6.45) is -5.02. The highest BCUT2D eigenvalue weighted by atomic mass is 32.1. The first-order chi connectivity index (χ1) is 9.99. The van der Waals surface area contributed by atoms with Crippen LogP contribution in [0.1, 0.15) is 23.2 Å². The fourth-order valence-electron chi connectivity index (χ4n) is 1.94. The van der Waals surface area contributed by atoms with E-state index in [1.165, 1.54) is 11.3 Å². The molecule has 0 aliphatic rings. The van der Waals surface area contributed by atoms with Crippen LogP contribution in [0.5, 0.6) is 0 Å². The molecule has 1 aromatic heterocycles. The quantitative estimate of drug-likeness (QED) is 0.854. The van der Waals surface area contributed by atoms with Crippen molar-refractivity contribution < 1.29 is 13.2 Å². The number of hydrogen-bond acceptors (Lipinski definition) is 3. The molecule has 2 rings (SSSR count). The van der Waals surface area contributed by atoms with Crippen LogP contribution in [0.2, 0.25) is 0 Å². The second-order valence-electron chi connectivity index (χ2n) is 4.64. The molecule has 1 heterocycles. The van der Waals surface area contributed by atoms with Crippen molar-refractivity contribution in [3.05, 3.63) is 40.2 Å². The van der Waals surface area contributed by atoms with Gasteiger partial charge in [-0.05, 0) is 6.54 Å². The zero-order valence-corrected chi connectivity index (χ0v) is 12.5. The third kappa shape index (κ3) is 4.82. The molecule has 6 heteroatoms. The van der Waals surface area contributed by atoms with Crippen molar-refractivity contribution in [1.82, 2.24) is 10.3 Å². The lowest BCUT2D eigenvalue weighted by Gasteiger charge is -2.02. The van der Waals surface area contributed by atoms with Crippen LogP contribution in [0.3, 0.4) is 0 Å². The van der Waals surface area contributed by atoms with Crippen LogP contribution >= 0.6 is 11.3 Å². The standard InChI is InChI=1S/C15H17F3N2S/c1-2-19-10-12-14(11-6-4-3-5-7-11)20-13(21-12)8-9-15(16,17)18/h3-7,19H,2,8-10H2,1H3. The van der Waals surface area contributed by atoms with Crippen LogP contribution in [0.4, 0.5) is 13.2 Å². The number of aromatic nitrogens is 1. The molecule has 0 saturated heterocycles. The van der Waals surface area contributed by atoms with E-state index in [0.717, 1.165) is 22.7 Å². The summed E-state index contributed by atoms with van der Waals surface area (Å²) in [6, 6.07) is 9.57. The average molecular weight is 314 g/mol. The van der Waals surface area contributed by atoms with Gasteiger partial charge in [-0.2, -0.15) is 13.2 Å². The molecule has 0 aliphatic carbocycles. The summed E-state index contributed by atoms with van der Waals surface area (Å²) in [5, 5.41) is 3.75. The lowest BCUT2D eigenvalue weighted by atomic mass is 10.1. The molecule has 0 fully saturated rings. The van der Waals surface area contributed by atoms with E-state index in [-0.39, 0.29) is 6.42 Å². The highest BCUT2D eigenvalue weighted by molar-refractivity contribution is 7.12. The lowest BCUT2D eigenvalue weighted by Crippen LogP contribution is -2.11. The van der Waals surface area contributed by atoms with Gasteiger partial charge in [0.25, 0.3) is 0 Å². The van der Waals surface area contributed by atoms with Gasteiger partial charge in [0, 0.05) is 29.8 Å². The number of benzene rings is 1. The van der Waals surface area contributed by atoms with Crippen LogP contribution < -0.4 is 5.32 Å². The van der Waals surface area contributed by atoms with E-state index in [1.807, 2.05) is 37.3 Å². The monoisotopic (exact) mass is 314 g/mol. The molecule has 1 aromatic carbocycles. The Hall–Kier alpha value is -1.40. The molecular weight excluding hydrogens is 297 g/mol. The van der Waals surface area contributed by atoms with Crippen LogP contribution in [0.15, 0.2) is 30.3 Å². The Morgan fingerprint density at radius 2 is 1.90 bits per heavy atom. The number of nitrogens with one attached hydrogen (secondary N) is 1. The number of thiazole rings is 1. The number of rotatable bonds is 6. The molecule has 114 valence electrons. The fourth-order valence-corrected chi connectivity index (χ4v) is 3.00. The van der Waals surface area contributed by atoms with Crippen LogP contribution in [0, 0.1) is 0 Å². The Morgan fingerprint density at radius 3 is 2.52 bits per heavy atom. The van der Waals surface area contributed by atoms with E-state index in [2.05, 4.69) is 10.3 Å². The maximum absolute atomic E-state index is 12.3. The summed E-state index contributed by atoms with van der Waals surface area (Å²) < 4.78 is 37.0. The molecular formula is C15H17F3N2S. The highest BCUT2D eigenvalue weighted by Gasteiger charge is 2.27. The Balaban J connectivity index is 2.23. The third-order valence-corrected chi connectivity index (χ3v) is 4.06. The maximum atomic E-state index is 12.3. The van der Waals surface area contributed by atoms with Crippen LogP contribution in [0.25, 0.3) is 11.3 Å². The molecule has 0 radical (unpaired) electrons. The predicted octanol–water partition coefficient (Wildman–Crippen LogP) is 4.41. The van der Waals surface area contributed by atoms with Gasteiger partial charge in [-0.3, -0.25) is 0 Å². The Kier molecular flexibility index (Phi) is 5.36. The maximum Gasteiger partial charge on any atom is 0.389 e. The molecule has 21 heavy (non-hydrogen) atoms. The van der Waals surface area contributed by atoms with Crippen LogP contribution in [-0.4, -0.2) is 17.7 Å². The van der Waals surface area contributed by atoms with E-state index in [0.29, 0.717) is 11.6 Å². The predicted molar refractivity (Wildman–Crippen MR) is 79.3 cm³/mol. The molecule has 0 aliphatic heterocycles. The fraction of sp³-hybridized carbons (Fsp3) is 0.400. The first-order valence-corrected chi connectivity index (χ1v) is 7.62. The van der Waals surface area contributed by atoms with Gasteiger partial charge >= 0.3 is 6.18 Å². The van der Waals surface area contributed by atoms with Crippen LogP contribution in [-0.2, 0) is 13.0 Å². The second kappa shape index (κ2) is 7.04. The summed E-state index contributed by atoms with van der Waals surface area (Å²) in [7, 11) is 0. The van der Waals surface area contributed by atoms with Crippen molar-refractivity contribution in [1.29, 1.82) is 0 Å². The Bertz CT molecular complexity index is 564. The molecule has 1 N–H and O–H groups in total. The summed E-state index contributed by atoms with van der Waals surface area (Å²) in [5.41, 5.74) is 1.73. The van der Waals surface area contributed by atoms with E-state index < -0.39 is 12.6 Å². The molecule has 0 unspecified atom stereocenters. The van der Waals surface area contributed by atoms with Gasteiger partial charge in [-0.1, -0.05) is 37.3 Å². The number of aryl methyl sites for hydroxylation is 1.